The van der Waals surface area contributed by atoms with E-state index in [9.17, 15) is 10.1 Å². The van der Waals surface area contributed by atoms with Gasteiger partial charge in [0, 0.05) is 6.54 Å². The number of nitrogens with two attached hydrogens (primary N) is 1. The maximum Gasteiger partial charge on any atom is 0.276 e. The van der Waals surface area contributed by atoms with Gasteiger partial charge in [-0.1, -0.05) is 6.92 Å². The van der Waals surface area contributed by atoms with Gasteiger partial charge in [0.2, 0.25) is 0 Å². The smallest absolute Gasteiger partial charge is 0.276 e. The molecule has 0 aliphatic heterocycles. The van der Waals surface area contributed by atoms with E-state index >= 15 is 0 Å². The molecule has 0 aromatic carbocycles. The SMILES string of the molecule is CC1CC1CNc1cc([N+](=O)[O-])cc(NN)n1. The lowest BCUT2D eigenvalue weighted by molar-refractivity contribution is -0.384. The van der Waals surface area contributed by atoms with E-state index in [1.807, 2.05) is 0 Å². The summed E-state index contributed by atoms with van der Waals surface area (Å²) in [4.78, 5) is 14.3. The fraction of sp³-hybridized carbons (Fsp3) is 0.500. The molecule has 0 amide bonds. The lowest BCUT2D eigenvalue weighted by Gasteiger charge is -2.06. The summed E-state index contributed by atoms with van der Waals surface area (Å²) in [5, 5.41) is 13.8. The highest BCUT2D eigenvalue weighted by molar-refractivity contribution is 5.54. The predicted octanol–water partition coefficient (Wildman–Crippen LogP) is 1.34. The normalized spacial score (nSPS) is 22.0. The van der Waals surface area contributed by atoms with Gasteiger partial charge < -0.3 is 10.7 Å². The molecule has 1 aliphatic rings. The molecular formula is C10H15N5O2. The molecule has 1 aromatic rings. The van der Waals surface area contributed by atoms with Gasteiger partial charge in [-0.3, -0.25) is 10.1 Å². The molecule has 0 bridgehead atoms. The summed E-state index contributed by atoms with van der Waals surface area (Å²) in [5.74, 6) is 7.35. The van der Waals surface area contributed by atoms with Gasteiger partial charge in [0.05, 0.1) is 17.1 Å². The first kappa shape index (κ1) is 11.6. The number of hydrazine groups is 1. The highest BCUT2D eigenvalue weighted by Gasteiger charge is 2.32. The summed E-state index contributed by atoms with van der Waals surface area (Å²) >= 11 is 0. The summed E-state index contributed by atoms with van der Waals surface area (Å²) in [6.07, 6.45) is 1.20. The summed E-state index contributed by atoms with van der Waals surface area (Å²) in [6.45, 7) is 2.97. The highest BCUT2D eigenvalue weighted by Crippen LogP contribution is 2.37. The topological polar surface area (TPSA) is 106 Å². The van der Waals surface area contributed by atoms with Crippen LogP contribution in [0.5, 0.6) is 0 Å². The number of nitro groups is 1. The van der Waals surface area contributed by atoms with Gasteiger partial charge in [-0.2, -0.15) is 0 Å². The van der Waals surface area contributed by atoms with Crippen molar-refractivity contribution in [2.75, 3.05) is 17.3 Å². The Morgan fingerprint density at radius 2 is 2.24 bits per heavy atom. The molecule has 1 aromatic heterocycles. The van der Waals surface area contributed by atoms with Gasteiger partial charge in [-0.15, -0.1) is 0 Å². The Morgan fingerprint density at radius 3 is 2.76 bits per heavy atom. The van der Waals surface area contributed by atoms with Crippen LogP contribution in [0.25, 0.3) is 0 Å². The Labute approximate surface area is 98.5 Å². The Morgan fingerprint density at radius 1 is 1.59 bits per heavy atom. The summed E-state index contributed by atoms with van der Waals surface area (Å²) < 4.78 is 0. The average Bonchev–Trinajstić information content (AvgIpc) is 3.02. The molecule has 4 N–H and O–H groups in total. The lowest BCUT2D eigenvalue weighted by Crippen LogP contribution is -2.12. The third kappa shape index (κ3) is 2.82. The van der Waals surface area contributed by atoms with Crippen molar-refractivity contribution in [1.82, 2.24) is 4.98 Å². The van der Waals surface area contributed by atoms with Crippen LogP contribution < -0.4 is 16.6 Å². The lowest BCUT2D eigenvalue weighted by atomic mass is 10.3. The molecule has 2 atom stereocenters. The van der Waals surface area contributed by atoms with Crippen LogP contribution in [-0.2, 0) is 0 Å². The molecule has 17 heavy (non-hydrogen) atoms. The monoisotopic (exact) mass is 237 g/mol. The zero-order valence-electron chi connectivity index (χ0n) is 9.51. The molecule has 1 fully saturated rings. The van der Waals surface area contributed by atoms with Gasteiger partial charge in [-0.05, 0) is 18.3 Å². The second-order valence-corrected chi connectivity index (χ2v) is 4.35. The number of anilines is 2. The third-order valence-electron chi connectivity index (χ3n) is 2.99. The van der Waals surface area contributed by atoms with Crippen molar-refractivity contribution in [1.29, 1.82) is 0 Å². The van der Waals surface area contributed by atoms with Crippen LogP contribution in [-0.4, -0.2) is 16.5 Å². The zero-order chi connectivity index (χ0) is 12.4. The first-order valence-corrected chi connectivity index (χ1v) is 5.47. The van der Waals surface area contributed by atoms with Crippen molar-refractivity contribution in [3.63, 3.8) is 0 Å². The van der Waals surface area contributed by atoms with Crippen LogP contribution >= 0.6 is 0 Å². The van der Waals surface area contributed by atoms with E-state index < -0.39 is 4.92 Å². The minimum atomic E-state index is -0.465. The van der Waals surface area contributed by atoms with Crippen LogP contribution in [0, 0.1) is 22.0 Å². The third-order valence-corrected chi connectivity index (χ3v) is 2.99. The highest BCUT2D eigenvalue weighted by atomic mass is 16.6. The molecule has 7 nitrogen and oxygen atoms in total. The molecule has 7 heteroatoms. The number of nitrogens with one attached hydrogen (secondary N) is 2. The minimum absolute atomic E-state index is 0.0284. The van der Waals surface area contributed by atoms with E-state index in [4.69, 9.17) is 5.84 Å². The Hall–Kier alpha value is -1.89. The molecule has 1 aliphatic carbocycles. The number of nitrogens with zero attached hydrogens (tertiary/aromatic N) is 2. The quantitative estimate of drug-likeness (QED) is 0.405. The molecule has 1 saturated carbocycles. The van der Waals surface area contributed by atoms with Crippen LogP contribution in [0.15, 0.2) is 12.1 Å². The van der Waals surface area contributed by atoms with Gasteiger partial charge in [0.25, 0.3) is 5.69 Å². The molecule has 92 valence electrons. The van der Waals surface area contributed by atoms with Crippen molar-refractivity contribution >= 4 is 17.3 Å². The van der Waals surface area contributed by atoms with Crippen LogP contribution in [0.1, 0.15) is 13.3 Å². The van der Waals surface area contributed by atoms with Crippen LogP contribution in [0.3, 0.4) is 0 Å². The van der Waals surface area contributed by atoms with E-state index in [-0.39, 0.29) is 11.5 Å². The van der Waals surface area contributed by atoms with Gasteiger partial charge in [-0.25, -0.2) is 10.8 Å². The molecular weight excluding hydrogens is 222 g/mol. The molecule has 1 heterocycles. The molecule has 0 radical (unpaired) electrons. The first-order chi connectivity index (χ1) is 8.10. The summed E-state index contributed by atoms with van der Waals surface area (Å²) in [7, 11) is 0. The van der Waals surface area contributed by atoms with Crippen molar-refractivity contribution in [2.24, 2.45) is 17.7 Å². The number of aromatic nitrogens is 1. The number of hydrogen-bond acceptors (Lipinski definition) is 6. The maximum absolute atomic E-state index is 10.7. The van der Waals surface area contributed by atoms with Crippen molar-refractivity contribution < 1.29 is 4.92 Å². The second kappa shape index (κ2) is 4.54. The van der Waals surface area contributed by atoms with E-state index in [0.717, 1.165) is 12.5 Å². The fourth-order valence-corrected chi connectivity index (χ4v) is 1.71. The van der Waals surface area contributed by atoms with Gasteiger partial charge in [0.15, 0.2) is 0 Å². The molecule has 2 unspecified atom stereocenters. The van der Waals surface area contributed by atoms with Crippen LogP contribution in [0.2, 0.25) is 0 Å². The number of pyridine rings is 1. The van der Waals surface area contributed by atoms with E-state index in [1.165, 1.54) is 18.6 Å². The van der Waals surface area contributed by atoms with E-state index in [0.29, 0.717) is 11.7 Å². The summed E-state index contributed by atoms with van der Waals surface area (Å²) in [6, 6.07) is 2.71. The standard InChI is InChI=1S/C10H15N5O2/c1-6-2-7(6)5-12-9-3-8(15(16)17)4-10(13-9)14-11/h3-4,6-7H,2,5,11H2,1H3,(H2,12,13,14). The van der Waals surface area contributed by atoms with Gasteiger partial charge >= 0.3 is 0 Å². The van der Waals surface area contributed by atoms with E-state index in [2.05, 4.69) is 22.7 Å². The Kier molecular flexibility index (Phi) is 3.10. The molecule has 0 spiro atoms. The summed E-state index contributed by atoms with van der Waals surface area (Å²) in [5.41, 5.74) is 2.29. The molecule has 2 rings (SSSR count). The zero-order valence-corrected chi connectivity index (χ0v) is 9.51. The minimum Gasteiger partial charge on any atom is -0.370 e. The predicted molar refractivity (Wildman–Crippen MR) is 64.5 cm³/mol. The molecule has 0 saturated heterocycles. The number of rotatable bonds is 5. The number of hydrogen-bond donors (Lipinski definition) is 3. The average molecular weight is 237 g/mol. The van der Waals surface area contributed by atoms with Crippen molar-refractivity contribution in [3.8, 4) is 0 Å². The van der Waals surface area contributed by atoms with Crippen molar-refractivity contribution in [2.45, 2.75) is 13.3 Å². The van der Waals surface area contributed by atoms with Gasteiger partial charge in [0.1, 0.15) is 11.6 Å². The Balaban J connectivity index is 2.09. The maximum atomic E-state index is 10.7. The largest absolute Gasteiger partial charge is 0.370 e. The van der Waals surface area contributed by atoms with Crippen molar-refractivity contribution in [3.05, 3.63) is 22.2 Å². The van der Waals surface area contributed by atoms with Crippen LogP contribution in [0.4, 0.5) is 17.3 Å². The van der Waals surface area contributed by atoms with E-state index in [1.54, 1.807) is 0 Å². The number of nitrogen functional groups attached to an aromatic ring is 1. The second-order valence-electron chi connectivity index (χ2n) is 4.35. The fourth-order valence-electron chi connectivity index (χ4n) is 1.71. The first-order valence-electron chi connectivity index (χ1n) is 5.47. The Bertz CT molecular complexity index is 437.